The molecule has 0 aliphatic carbocycles. The van der Waals surface area contributed by atoms with Gasteiger partial charge >= 0.3 is 6.61 Å². The predicted molar refractivity (Wildman–Crippen MR) is 60.1 cm³/mol. The van der Waals surface area contributed by atoms with Crippen LogP contribution in [-0.4, -0.2) is 18.2 Å². The Labute approximate surface area is 97.1 Å². The Balaban J connectivity index is 3.03. The Bertz CT molecular complexity index is 385. The fraction of sp³-hybridized carbons (Fsp3) is 0.300. The largest absolute Gasteiger partial charge is 0.490 e. The molecule has 6 heteroatoms. The molecule has 1 rings (SSSR count). The molecule has 2 N–H and O–H groups in total. The quantitative estimate of drug-likeness (QED) is 0.811. The molecule has 1 aromatic rings. The summed E-state index contributed by atoms with van der Waals surface area (Å²) in [6.07, 6.45) is 0. The summed E-state index contributed by atoms with van der Waals surface area (Å²) in [6.45, 7) is -0.824. The lowest BCUT2D eigenvalue weighted by molar-refractivity contribution is -0.0514. The van der Waals surface area contributed by atoms with Crippen LogP contribution in [0.2, 0.25) is 0 Å². The van der Waals surface area contributed by atoms with Gasteiger partial charge in [0.05, 0.1) is 6.61 Å². The molecule has 0 aliphatic rings. The first-order chi connectivity index (χ1) is 7.54. The van der Waals surface area contributed by atoms with E-state index in [2.05, 4.69) is 4.74 Å². The van der Waals surface area contributed by atoms with E-state index in [0.717, 1.165) is 0 Å². The van der Waals surface area contributed by atoms with Crippen molar-refractivity contribution in [1.82, 2.24) is 0 Å². The standard InChI is InChI=1S/C10H11F2NO2S/c1-2-14-8-5-6(9(13)16)3-4-7(8)15-10(11)12/h3-5,10H,2H2,1H3,(H2,13,16). The Morgan fingerprint density at radius 2 is 2.12 bits per heavy atom. The zero-order valence-corrected chi connectivity index (χ0v) is 9.39. The second kappa shape index (κ2) is 5.60. The SMILES string of the molecule is CCOc1cc(C(N)=S)ccc1OC(F)F. The summed E-state index contributed by atoms with van der Waals surface area (Å²) in [5.41, 5.74) is 5.96. The molecule has 0 aromatic heterocycles. The molecule has 0 bridgehead atoms. The first-order valence-corrected chi connectivity index (χ1v) is 4.97. The van der Waals surface area contributed by atoms with Gasteiger partial charge in [0.2, 0.25) is 0 Å². The van der Waals surface area contributed by atoms with Crippen molar-refractivity contribution in [1.29, 1.82) is 0 Å². The van der Waals surface area contributed by atoms with E-state index in [9.17, 15) is 8.78 Å². The second-order valence-corrected chi connectivity index (χ2v) is 3.28. The summed E-state index contributed by atoms with van der Waals surface area (Å²) in [5.74, 6) is 0.171. The number of halogens is 2. The van der Waals surface area contributed by atoms with Gasteiger partial charge in [-0.3, -0.25) is 0 Å². The number of thiocarbonyl (C=S) groups is 1. The summed E-state index contributed by atoms with van der Waals surface area (Å²) in [7, 11) is 0. The molecule has 0 saturated carbocycles. The van der Waals surface area contributed by atoms with Crippen molar-refractivity contribution in [2.45, 2.75) is 13.5 Å². The highest BCUT2D eigenvalue weighted by molar-refractivity contribution is 7.80. The minimum atomic E-state index is -2.89. The molecule has 0 atom stereocenters. The number of hydrogen-bond donors (Lipinski definition) is 1. The fourth-order valence-electron chi connectivity index (χ4n) is 1.12. The third kappa shape index (κ3) is 3.30. The monoisotopic (exact) mass is 247 g/mol. The van der Waals surface area contributed by atoms with Crippen LogP contribution in [0.25, 0.3) is 0 Å². The maximum atomic E-state index is 12.1. The molecule has 3 nitrogen and oxygen atoms in total. The zero-order valence-electron chi connectivity index (χ0n) is 8.57. The smallest absolute Gasteiger partial charge is 0.387 e. The highest BCUT2D eigenvalue weighted by Gasteiger charge is 2.12. The molecular formula is C10H11F2NO2S. The molecule has 0 aliphatic heterocycles. The number of rotatable bonds is 5. The van der Waals surface area contributed by atoms with Gasteiger partial charge < -0.3 is 15.2 Å². The van der Waals surface area contributed by atoms with Gasteiger partial charge in [-0.2, -0.15) is 8.78 Å². The minimum absolute atomic E-state index is 0.0307. The average Bonchev–Trinajstić information content (AvgIpc) is 2.20. The van der Waals surface area contributed by atoms with Gasteiger partial charge in [-0.15, -0.1) is 0 Å². The molecule has 0 amide bonds. The molecule has 0 heterocycles. The summed E-state index contributed by atoms with van der Waals surface area (Å²) >= 11 is 4.77. The van der Waals surface area contributed by atoms with Gasteiger partial charge in [-0.05, 0) is 25.1 Å². The van der Waals surface area contributed by atoms with Crippen LogP contribution in [0.5, 0.6) is 11.5 Å². The van der Waals surface area contributed by atoms with E-state index >= 15 is 0 Å². The third-order valence-electron chi connectivity index (χ3n) is 1.74. The van der Waals surface area contributed by atoms with E-state index in [1.54, 1.807) is 6.92 Å². The van der Waals surface area contributed by atoms with Crippen molar-refractivity contribution in [3.05, 3.63) is 23.8 Å². The number of alkyl halides is 2. The number of hydrogen-bond acceptors (Lipinski definition) is 3. The van der Waals surface area contributed by atoms with E-state index in [1.807, 2.05) is 0 Å². The van der Waals surface area contributed by atoms with Crippen molar-refractivity contribution in [2.75, 3.05) is 6.61 Å². The van der Waals surface area contributed by atoms with Gasteiger partial charge in [0.1, 0.15) is 4.99 Å². The van der Waals surface area contributed by atoms with Crippen LogP contribution in [0.15, 0.2) is 18.2 Å². The second-order valence-electron chi connectivity index (χ2n) is 2.84. The Morgan fingerprint density at radius 3 is 2.62 bits per heavy atom. The molecule has 0 fully saturated rings. The van der Waals surface area contributed by atoms with Crippen molar-refractivity contribution in [3.63, 3.8) is 0 Å². The molecule has 0 radical (unpaired) electrons. The fourth-order valence-corrected chi connectivity index (χ4v) is 1.25. The van der Waals surface area contributed by atoms with Crippen LogP contribution >= 0.6 is 12.2 Å². The normalized spacial score (nSPS) is 10.2. The highest BCUT2D eigenvalue weighted by Crippen LogP contribution is 2.29. The van der Waals surface area contributed by atoms with E-state index in [1.165, 1.54) is 18.2 Å². The lowest BCUT2D eigenvalue weighted by Crippen LogP contribution is -2.10. The molecule has 1 aromatic carbocycles. The van der Waals surface area contributed by atoms with Gasteiger partial charge in [0, 0.05) is 5.56 Å². The van der Waals surface area contributed by atoms with Crippen molar-refractivity contribution >= 4 is 17.2 Å². The van der Waals surface area contributed by atoms with Crippen LogP contribution in [-0.2, 0) is 0 Å². The van der Waals surface area contributed by atoms with E-state index in [0.29, 0.717) is 12.2 Å². The van der Waals surface area contributed by atoms with Crippen LogP contribution in [0.4, 0.5) is 8.78 Å². The van der Waals surface area contributed by atoms with E-state index in [4.69, 9.17) is 22.7 Å². The average molecular weight is 247 g/mol. The molecule has 0 saturated heterocycles. The molecular weight excluding hydrogens is 236 g/mol. The lowest BCUT2D eigenvalue weighted by atomic mass is 10.2. The summed E-state index contributed by atoms with van der Waals surface area (Å²) < 4.78 is 33.6. The first kappa shape index (κ1) is 12.6. The zero-order chi connectivity index (χ0) is 12.1. The Kier molecular flexibility index (Phi) is 4.42. The number of ether oxygens (including phenoxy) is 2. The van der Waals surface area contributed by atoms with Gasteiger partial charge in [-0.25, -0.2) is 0 Å². The van der Waals surface area contributed by atoms with Crippen molar-refractivity contribution < 1.29 is 18.3 Å². The summed E-state index contributed by atoms with van der Waals surface area (Å²) in [4.78, 5) is 0.171. The van der Waals surface area contributed by atoms with Crippen LogP contribution in [0.3, 0.4) is 0 Å². The van der Waals surface area contributed by atoms with Crippen LogP contribution in [0.1, 0.15) is 12.5 Å². The third-order valence-corrected chi connectivity index (χ3v) is 1.98. The van der Waals surface area contributed by atoms with Crippen molar-refractivity contribution in [2.24, 2.45) is 5.73 Å². The number of nitrogens with two attached hydrogens (primary N) is 1. The number of benzene rings is 1. The van der Waals surface area contributed by atoms with Gasteiger partial charge in [-0.1, -0.05) is 12.2 Å². The Morgan fingerprint density at radius 1 is 1.44 bits per heavy atom. The Hall–Kier alpha value is -1.43. The van der Waals surface area contributed by atoms with Crippen molar-refractivity contribution in [3.8, 4) is 11.5 Å². The topological polar surface area (TPSA) is 44.5 Å². The molecule has 0 spiro atoms. The summed E-state index contributed by atoms with van der Waals surface area (Å²) in [5, 5.41) is 0. The maximum Gasteiger partial charge on any atom is 0.387 e. The first-order valence-electron chi connectivity index (χ1n) is 4.56. The van der Waals surface area contributed by atoms with E-state index in [-0.39, 0.29) is 16.5 Å². The van der Waals surface area contributed by atoms with Gasteiger partial charge in [0.25, 0.3) is 0 Å². The highest BCUT2D eigenvalue weighted by atomic mass is 32.1. The molecule has 0 unspecified atom stereocenters. The molecule has 88 valence electrons. The maximum absolute atomic E-state index is 12.1. The lowest BCUT2D eigenvalue weighted by Gasteiger charge is -2.12. The van der Waals surface area contributed by atoms with Crippen LogP contribution < -0.4 is 15.2 Å². The predicted octanol–water partition coefficient (Wildman–Crippen LogP) is 2.32. The van der Waals surface area contributed by atoms with Crippen LogP contribution in [0, 0.1) is 0 Å². The van der Waals surface area contributed by atoms with E-state index < -0.39 is 6.61 Å². The molecule has 16 heavy (non-hydrogen) atoms. The van der Waals surface area contributed by atoms with Gasteiger partial charge in [0.15, 0.2) is 11.5 Å². The minimum Gasteiger partial charge on any atom is -0.490 e. The summed E-state index contributed by atoms with van der Waals surface area (Å²) in [6, 6.07) is 4.33.